The number of rotatable bonds is 10. The van der Waals surface area contributed by atoms with E-state index in [-0.39, 0.29) is 19.1 Å². The number of carbonyl (C=O) groups is 1. The SMILES string of the molecule is COc1cccc(OCCN2CCC(Cc3ccc(C(=O)NCCO)cc3)C2)c1. The van der Waals surface area contributed by atoms with Crippen molar-refractivity contribution in [1.29, 1.82) is 0 Å². The summed E-state index contributed by atoms with van der Waals surface area (Å²) in [6, 6.07) is 15.5. The highest BCUT2D eigenvalue weighted by Gasteiger charge is 2.22. The summed E-state index contributed by atoms with van der Waals surface area (Å²) in [6.07, 6.45) is 2.20. The van der Waals surface area contributed by atoms with Crippen molar-refractivity contribution >= 4 is 5.91 Å². The van der Waals surface area contributed by atoms with Crippen LogP contribution in [0.2, 0.25) is 0 Å². The number of carbonyl (C=O) groups excluding carboxylic acids is 1. The molecule has 2 N–H and O–H groups in total. The number of aliphatic hydroxyl groups excluding tert-OH is 1. The van der Waals surface area contributed by atoms with Crippen LogP contribution in [-0.2, 0) is 6.42 Å². The molecule has 1 aliphatic rings. The van der Waals surface area contributed by atoms with Gasteiger partial charge >= 0.3 is 0 Å². The highest BCUT2D eigenvalue weighted by molar-refractivity contribution is 5.94. The Balaban J connectivity index is 1.40. The number of aliphatic hydroxyl groups is 1. The van der Waals surface area contributed by atoms with E-state index in [0.717, 1.165) is 37.6 Å². The Kier molecular flexibility index (Phi) is 7.90. The van der Waals surface area contributed by atoms with Crippen LogP contribution in [0.1, 0.15) is 22.3 Å². The third kappa shape index (κ3) is 6.48. The molecule has 156 valence electrons. The Hall–Kier alpha value is -2.57. The molecular formula is C23H30N2O4. The second-order valence-electron chi connectivity index (χ2n) is 7.36. The summed E-state index contributed by atoms with van der Waals surface area (Å²) in [7, 11) is 1.66. The number of likely N-dealkylation sites (tertiary alicyclic amines) is 1. The third-order valence-electron chi connectivity index (χ3n) is 5.23. The molecule has 0 spiro atoms. The lowest BCUT2D eigenvalue weighted by atomic mass is 9.98. The lowest BCUT2D eigenvalue weighted by Crippen LogP contribution is -2.26. The summed E-state index contributed by atoms with van der Waals surface area (Å²) < 4.78 is 11.1. The molecule has 1 saturated heterocycles. The molecule has 1 heterocycles. The highest BCUT2D eigenvalue weighted by atomic mass is 16.5. The van der Waals surface area contributed by atoms with Crippen molar-refractivity contribution in [3.05, 3.63) is 59.7 Å². The number of methoxy groups -OCH3 is 1. The van der Waals surface area contributed by atoms with Gasteiger partial charge in [-0.2, -0.15) is 0 Å². The molecule has 1 unspecified atom stereocenters. The molecule has 2 aromatic rings. The first-order valence-corrected chi connectivity index (χ1v) is 10.1. The van der Waals surface area contributed by atoms with E-state index in [4.69, 9.17) is 14.6 Å². The smallest absolute Gasteiger partial charge is 0.251 e. The van der Waals surface area contributed by atoms with Crippen molar-refractivity contribution in [2.45, 2.75) is 12.8 Å². The van der Waals surface area contributed by atoms with Gasteiger partial charge in [0, 0.05) is 31.3 Å². The topological polar surface area (TPSA) is 71.0 Å². The molecule has 6 heteroatoms. The summed E-state index contributed by atoms with van der Waals surface area (Å²) in [5, 5.41) is 11.5. The Morgan fingerprint density at radius 1 is 1.21 bits per heavy atom. The fraction of sp³-hybridized carbons (Fsp3) is 0.435. The first kappa shape index (κ1) is 21.1. The molecule has 1 atom stereocenters. The van der Waals surface area contributed by atoms with Gasteiger partial charge in [0.25, 0.3) is 5.91 Å². The number of nitrogens with zero attached hydrogens (tertiary/aromatic N) is 1. The molecule has 1 amide bonds. The van der Waals surface area contributed by atoms with E-state index in [1.807, 2.05) is 48.5 Å². The van der Waals surface area contributed by atoms with E-state index in [1.165, 1.54) is 12.0 Å². The summed E-state index contributed by atoms with van der Waals surface area (Å²) in [5.74, 6) is 2.12. The standard InChI is InChI=1S/C23H30N2O4/c1-28-21-3-2-4-22(16-21)29-14-12-25-11-9-19(17-25)15-18-5-7-20(8-6-18)23(27)24-10-13-26/h2-8,16,19,26H,9-15,17H2,1H3,(H,24,27). The van der Waals surface area contributed by atoms with Crippen LogP contribution < -0.4 is 14.8 Å². The zero-order valence-corrected chi connectivity index (χ0v) is 17.0. The summed E-state index contributed by atoms with van der Waals surface area (Å²) in [5.41, 5.74) is 1.88. The van der Waals surface area contributed by atoms with Gasteiger partial charge < -0.3 is 19.9 Å². The lowest BCUT2D eigenvalue weighted by molar-refractivity contribution is 0.0945. The van der Waals surface area contributed by atoms with Crippen molar-refractivity contribution < 1.29 is 19.4 Å². The first-order chi connectivity index (χ1) is 14.2. The quantitative estimate of drug-likeness (QED) is 0.643. The summed E-state index contributed by atoms with van der Waals surface area (Å²) >= 11 is 0. The molecule has 2 aromatic carbocycles. The number of hydrogen-bond donors (Lipinski definition) is 2. The van der Waals surface area contributed by atoms with Crippen LogP contribution in [0.5, 0.6) is 11.5 Å². The average molecular weight is 399 g/mol. The van der Waals surface area contributed by atoms with Gasteiger partial charge in [-0.1, -0.05) is 18.2 Å². The maximum absolute atomic E-state index is 11.9. The van der Waals surface area contributed by atoms with Gasteiger partial charge in [0.1, 0.15) is 18.1 Å². The minimum Gasteiger partial charge on any atom is -0.497 e. The molecule has 0 aromatic heterocycles. The van der Waals surface area contributed by atoms with Gasteiger partial charge in [0.15, 0.2) is 0 Å². The van der Waals surface area contributed by atoms with Crippen LogP contribution in [0.3, 0.4) is 0 Å². The van der Waals surface area contributed by atoms with Crippen LogP contribution in [0.25, 0.3) is 0 Å². The Morgan fingerprint density at radius 3 is 2.76 bits per heavy atom. The van der Waals surface area contributed by atoms with Crippen molar-refractivity contribution in [2.75, 3.05) is 46.5 Å². The van der Waals surface area contributed by atoms with Crippen molar-refractivity contribution in [1.82, 2.24) is 10.2 Å². The van der Waals surface area contributed by atoms with E-state index in [0.29, 0.717) is 18.1 Å². The van der Waals surface area contributed by atoms with Gasteiger partial charge in [-0.3, -0.25) is 9.69 Å². The predicted octanol–water partition coefficient (Wildman–Crippen LogP) is 2.36. The van der Waals surface area contributed by atoms with Crippen LogP contribution >= 0.6 is 0 Å². The van der Waals surface area contributed by atoms with E-state index >= 15 is 0 Å². The molecule has 29 heavy (non-hydrogen) atoms. The second-order valence-corrected chi connectivity index (χ2v) is 7.36. The van der Waals surface area contributed by atoms with E-state index in [1.54, 1.807) is 7.11 Å². The summed E-state index contributed by atoms with van der Waals surface area (Å²) in [6.45, 7) is 3.97. The maximum atomic E-state index is 11.9. The van der Waals surface area contributed by atoms with E-state index < -0.39 is 0 Å². The van der Waals surface area contributed by atoms with Crippen molar-refractivity contribution in [3.8, 4) is 11.5 Å². The normalized spacial score (nSPS) is 16.6. The Labute approximate surface area is 172 Å². The lowest BCUT2D eigenvalue weighted by Gasteiger charge is -2.17. The Bertz CT molecular complexity index is 779. The monoisotopic (exact) mass is 398 g/mol. The highest BCUT2D eigenvalue weighted by Crippen LogP contribution is 2.22. The van der Waals surface area contributed by atoms with Crippen molar-refractivity contribution in [3.63, 3.8) is 0 Å². The molecule has 0 bridgehead atoms. The van der Waals surface area contributed by atoms with E-state index in [9.17, 15) is 4.79 Å². The van der Waals surface area contributed by atoms with Gasteiger partial charge in [-0.25, -0.2) is 0 Å². The van der Waals surface area contributed by atoms with Gasteiger partial charge in [0.2, 0.25) is 0 Å². The zero-order chi connectivity index (χ0) is 20.5. The van der Waals surface area contributed by atoms with Crippen molar-refractivity contribution in [2.24, 2.45) is 5.92 Å². The van der Waals surface area contributed by atoms with E-state index in [2.05, 4.69) is 10.2 Å². The van der Waals surface area contributed by atoms with Gasteiger partial charge in [-0.15, -0.1) is 0 Å². The van der Waals surface area contributed by atoms with Crippen LogP contribution in [0.4, 0.5) is 0 Å². The molecular weight excluding hydrogens is 368 g/mol. The molecule has 0 saturated carbocycles. The molecule has 3 rings (SSSR count). The largest absolute Gasteiger partial charge is 0.497 e. The molecule has 6 nitrogen and oxygen atoms in total. The zero-order valence-electron chi connectivity index (χ0n) is 17.0. The molecule has 0 radical (unpaired) electrons. The minimum atomic E-state index is -0.145. The fourth-order valence-electron chi connectivity index (χ4n) is 3.66. The minimum absolute atomic E-state index is 0.0490. The molecule has 0 aliphatic carbocycles. The van der Waals surface area contributed by atoms with Gasteiger partial charge in [-0.05, 0) is 55.1 Å². The van der Waals surface area contributed by atoms with Crippen LogP contribution in [0, 0.1) is 5.92 Å². The van der Waals surface area contributed by atoms with Crippen LogP contribution in [-0.4, -0.2) is 62.4 Å². The third-order valence-corrected chi connectivity index (χ3v) is 5.23. The number of benzene rings is 2. The average Bonchev–Trinajstić information content (AvgIpc) is 3.20. The number of nitrogens with one attached hydrogen (secondary N) is 1. The predicted molar refractivity (Wildman–Crippen MR) is 113 cm³/mol. The maximum Gasteiger partial charge on any atom is 0.251 e. The number of ether oxygens (including phenoxy) is 2. The first-order valence-electron chi connectivity index (χ1n) is 10.1. The number of hydrogen-bond acceptors (Lipinski definition) is 5. The molecule has 1 fully saturated rings. The van der Waals surface area contributed by atoms with Gasteiger partial charge in [0.05, 0.1) is 13.7 Å². The fourth-order valence-corrected chi connectivity index (χ4v) is 3.66. The molecule has 1 aliphatic heterocycles. The summed E-state index contributed by atoms with van der Waals surface area (Å²) in [4.78, 5) is 14.3. The van der Waals surface area contributed by atoms with Crippen LogP contribution in [0.15, 0.2) is 48.5 Å². The number of amides is 1. The second kappa shape index (κ2) is 10.8. The Morgan fingerprint density at radius 2 is 2.00 bits per heavy atom.